The highest BCUT2D eigenvalue weighted by Gasteiger charge is 2.05. The van der Waals surface area contributed by atoms with Crippen LogP contribution in [-0.2, 0) is 11.3 Å². The van der Waals surface area contributed by atoms with Crippen molar-refractivity contribution in [1.29, 1.82) is 0 Å². The van der Waals surface area contributed by atoms with Crippen LogP contribution in [0, 0.1) is 0 Å². The van der Waals surface area contributed by atoms with E-state index >= 15 is 0 Å². The zero-order valence-corrected chi connectivity index (χ0v) is 13.7. The van der Waals surface area contributed by atoms with Crippen LogP contribution in [0.25, 0.3) is 0 Å². The molecule has 6 nitrogen and oxygen atoms in total. The Hall–Kier alpha value is -1.82. The van der Waals surface area contributed by atoms with Crippen LogP contribution in [0.1, 0.15) is 19.4 Å². The fourth-order valence-electron chi connectivity index (χ4n) is 1.82. The highest BCUT2D eigenvalue weighted by Crippen LogP contribution is 2.10. The molecule has 0 aliphatic heterocycles. The molecule has 2 N–H and O–H groups in total. The molecule has 6 heteroatoms. The first-order valence-corrected chi connectivity index (χ1v) is 7.22. The van der Waals surface area contributed by atoms with Crippen LogP contribution >= 0.6 is 0 Å². The van der Waals surface area contributed by atoms with Crippen LogP contribution in [0.3, 0.4) is 0 Å². The third kappa shape index (κ3) is 6.44. The maximum absolute atomic E-state index is 5.13. The van der Waals surface area contributed by atoms with Crippen molar-refractivity contribution in [3.63, 3.8) is 0 Å². The Morgan fingerprint density at radius 2 is 2.24 bits per heavy atom. The predicted molar refractivity (Wildman–Crippen MR) is 87.9 cm³/mol. The molecule has 0 radical (unpaired) electrons. The van der Waals surface area contributed by atoms with Crippen LogP contribution in [0.4, 0.5) is 5.82 Å². The van der Waals surface area contributed by atoms with Crippen molar-refractivity contribution >= 4 is 11.8 Å². The molecule has 21 heavy (non-hydrogen) atoms. The molecule has 0 spiro atoms. The van der Waals surface area contributed by atoms with Gasteiger partial charge in [-0.1, -0.05) is 0 Å². The van der Waals surface area contributed by atoms with Gasteiger partial charge in [-0.3, -0.25) is 0 Å². The number of nitrogens with zero attached hydrogens (tertiary/aromatic N) is 3. The normalized spacial score (nSPS) is 12.9. The van der Waals surface area contributed by atoms with Gasteiger partial charge < -0.3 is 20.3 Å². The minimum Gasteiger partial charge on any atom is -0.383 e. The predicted octanol–water partition coefficient (Wildman–Crippen LogP) is 1.24. The van der Waals surface area contributed by atoms with Crippen molar-refractivity contribution in [2.45, 2.75) is 26.4 Å². The van der Waals surface area contributed by atoms with E-state index in [0.29, 0.717) is 13.2 Å². The lowest BCUT2D eigenvalue weighted by atomic mass is 10.2. The molecule has 0 amide bonds. The van der Waals surface area contributed by atoms with Gasteiger partial charge in [0.2, 0.25) is 0 Å². The summed E-state index contributed by atoms with van der Waals surface area (Å²) >= 11 is 0. The second-order valence-electron chi connectivity index (χ2n) is 5.11. The van der Waals surface area contributed by atoms with Gasteiger partial charge in [-0.05, 0) is 31.5 Å². The number of guanidine groups is 1. The lowest BCUT2D eigenvalue weighted by molar-refractivity contribution is 0.179. The summed E-state index contributed by atoms with van der Waals surface area (Å²) < 4.78 is 5.13. The van der Waals surface area contributed by atoms with Gasteiger partial charge in [-0.15, -0.1) is 0 Å². The Balaban J connectivity index is 2.70. The Morgan fingerprint density at radius 3 is 2.86 bits per heavy atom. The number of rotatable bonds is 7. The smallest absolute Gasteiger partial charge is 0.191 e. The number of ether oxygens (including phenoxy) is 1. The monoisotopic (exact) mass is 293 g/mol. The lowest BCUT2D eigenvalue weighted by Crippen LogP contribution is -2.43. The highest BCUT2D eigenvalue weighted by molar-refractivity contribution is 5.80. The number of methoxy groups -OCH3 is 1. The van der Waals surface area contributed by atoms with Gasteiger partial charge in [0, 0.05) is 40.0 Å². The van der Waals surface area contributed by atoms with E-state index in [-0.39, 0.29) is 6.04 Å². The topological polar surface area (TPSA) is 61.8 Å². The summed E-state index contributed by atoms with van der Waals surface area (Å²) in [7, 11) is 5.66. The molecular formula is C15H27N5O. The largest absolute Gasteiger partial charge is 0.383 e. The lowest BCUT2D eigenvalue weighted by Gasteiger charge is -2.17. The number of pyridine rings is 1. The van der Waals surface area contributed by atoms with Gasteiger partial charge in [0.05, 0.1) is 13.2 Å². The zero-order valence-electron chi connectivity index (χ0n) is 13.7. The molecule has 1 aromatic heterocycles. The summed E-state index contributed by atoms with van der Waals surface area (Å²) in [4.78, 5) is 10.9. The minimum absolute atomic E-state index is 0.211. The van der Waals surface area contributed by atoms with Crippen molar-refractivity contribution in [2.24, 2.45) is 4.99 Å². The van der Waals surface area contributed by atoms with Crippen molar-refractivity contribution in [1.82, 2.24) is 15.6 Å². The first kappa shape index (κ1) is 17.2. The standard InChI is InChI=1S/C15H27N5O/c1-6-16-15(19-12(2)11-21-5)18-10-13-7-8-17-14(9-13)20(3)4/h7-9,12H,6,10-11H2,1-5H3,(H2,16,18,19). The average molecular weight is 293 g/mol. The second kappa shape index (κ2) is 9.18. The van der Waals surface area contributed by atoms with E-state index in [1.165, 1.54) is 0 Å². The maximum atomic E-state index is 5.13. The van der Waals surface area contributed by atoms with Crippen LogP contribution in [0.5, 0.6) is 0 Å². The molecule has 0 saturated carbocycles. The number of nitrogens with one attached hydrogen (secondary N) is 2. The molecule has 0 saturated heterocycles. The molecule has 1 heterocycles. The van der Waals surface area contributed by atoms with Crippen LogP contribution < -0.4 is 15.5 Å². The van der Waals surface area contributed by atoms with E-state index in [9.17, 15) is 0 Å². The summed E-state index contributed by atoms with van der Waals surface area (Å²) in [5, 5.41) is 6.55. The van der Waals surface area contributed by atoms with Crippen molar-refractivity contribution in [3.8, 4) is 0 Å². The fourth-order valence-corrected chi connectivity index (χ4v) is 1.82. The Kier molecular flexibility index (Phi) is 7.53. The SMILES string of the molecule is CCNC(=NCc1ccnc(N(C)C)c1)NC(C)COC. The molecule has 118 valence electrons. The van der Waals surface area contributed by atoms with Gasteiger partial charge in [-0.25, -0.2) is 9.98 Å². The van der Waals surface area contributed by atoms with Crippen LogP contribution in [0.15, 0.2) is 23.3 Å². The van der Waals surface area contributed by atoms with Crippen molar-refractivity contribution in [2.75, 3.05) is 39.3 Å². The molecule has 0 aromatic carbocycles. The van der Waals surface area contributed by atoms with E-state index in [0.717, 1.165) is 23.9 Å². The number of aliphatic imine (C=N–C) groups is 1. The maximum Gasteiger partial charge on any atom is 0.191 e. The average Bonchev–Trinajstić information content (AvgIpc) is 2.45. The van der Waals surface area contributed by atoms with E-state index < -0.39 is 0 Å². The molecule has 0 fully saturated rings. The number of aromatic nitrogens is 1. The summed E-state index contributed by atoms with van der Waals surface area (Å²) in [6, 6.07) is 4.24. The minimum atomic E-state index is 0.211. The Labute approximate surface area is 127 Å². The van der Waals surface area contributed by atoms with Gasteiger partial charge in [0.25, 0.3) is 0 Å². The van der Waals surface area contributed by atoms with E-state index in [1.54, 1.807) is 7.11 Å². The zero-order chi connectivity index (χ0) is 15.7. The number of hydrogen-bond acceptors (Lipinski definition) is 4. The van der Waals surface area contributed by atoms with Crippen molar-refractivity contribution < 1.29 is 4.74 Å². The number of hydrogen-bond donors (Lipinski definition) is 2. The van der Waals surface area contributed by atoms with Crippen LogP contribution in [-0.4, -0.2) is 51.3 Å². The molecule has 1 atom stereocenters. The quantitative estimate of drug-likeness (QED) is 0.585. The van der Waals surface area contributed by atoms with Gasteiger partial charge in [0.15, 0.2) is 5.96 Å². The molecule has 1 rings (SSSR count). The molecule has 0 aliphatic rings. The molecule has 0 aliphatic carbocycles. The summed E-state index contributed by atoms with van der Waals surface area (Å²) in [6.07, 6.45) is 1.81. The fraction of sp³-hybridized carbons (Fsp3) is 0.600. The second-order valence-corrected chi connectivity index (χ2v) is 5.11. The third-order valence-electron chi connectivity index (χ3n) is 2.83. The third-order valence-corrected chi connectivity index (χ3v) is 2.83. The van der Waals surface area contributed by atoms with Crippen LogP contribution in [0.2, 0.25) is 0 Å². The summed E-state index contributed by atoms with van der Waals surface area (Å²) in [6.45, 7) is 6.19. The van der Waals surface area contributed by atoms with E-state index in [4.69, 9.17) is 4.74 Å². The summed E-state index contributed by atoms with van der Waals surface area (Å²) in [5.74, 6) is 1.73. The van der Waals surface area contributed by atoms with Gasteiger partial charge in [-0.2, -0.15) is 0 Å². The first-order valence-electron chi connectivity index (χ1n) is 7.22. The summed E-state index contributed by atoms with van der Waals surface area (Å²) in [5.41, 5.74) is 1.13. The molecule has 1 unspecified atom stereocenters. The Bertz CT molecular complexity index is 447. The van der Waals surface area contributed by atoms with Gasteiger partial charge in [0.1, 0.15) is 5.82 Å². The van der Waals surface area contributed by atoms with E-state index in [2.05, 4.69) is 34.5 Å². The highest BCUT2D eigenvalue weighted by atomic mass is 16.5. The molecular weight excluding hydrogens is 266 g/mol. The van der Waals surface area contributed by atoms with Gasteiger partial charge >= 0.3 is 0 Å². The Morgan fingerprint density at radius 1 is 1.48 bits per heavy atom. The molecule has 1 aromatic rings. The first-order chi connectivity index (χ1) is 10.1. The van der Waals surface area contributed by atoms with Crippen molar-refractivity contribution in [3.05, 3.63) is 23.9 Å². The molecule has 0 bridgehead atoms. The van der Waals surface area contributed by atoms with E-state index in [1.807, 2.05) is 37.3 Å². The number of anilines is 1.